The highest BCUT2D eigenvalue weighted by atomic mass is 32.2. The van der Waals surface area contributed by atoms with Crippen LogP contribution >= 0.6 is 58.8 Å². The topological polar surface area (TPSA) is 341 Å². The number of hydrogen-bond donors (Lipinski definition) is 0. The molecule has 0 bridgehead atoms. The molecule has 1 rings (SSSR count). The number of ketones is 5. The molecule has 0 amide bonds. The van der Waals surface area contributed by atoms with E-state index in [1.54, 1.807) is 20.8 Å². The molecule has 0 aliphatic carbocycles. The first-order valence-electron chi connectivity index (χ1n) is 24.3. The first-order valence-corrected chi connectivity index (χ1v) is 29.2. The number of thioether (sulfide) groups is 5. The van der Waals surface area contributed by atoms with Gasteiger partial charge in [-0.1, -0.05) is 131 Å². The van der Waals surface area contributed by atoms with Gasteiger partial charge in [-0.25, -0.2) is 0 Å². The lowest BCUT2D eigenvalue weighted by Gasteiger charge is -2.08. The van der Waals surface area contributed by atoms with Crippen LogP contribution in [0.15, 0.2) is 63.3 Å². The molecular weight excluding hydrogens is 1140 g/mol. The maximum atomic E-state index is 11.0. The molecule has 1 fully saturated rings. The minimum atomic E-state index is -0.0366. The van der Waals surface area contributed by atoms with E-state index in [0.717, 1.165) is 86.6 Å². The van der Waals surface area contributed by atoms with Crippen LogP contribution in [0.3, 0.4) is 0 Å². The van der Waals surface area contributed by atoms with Crippen molar-refractivity contribution in [2.75, 3.05) is 28.8 Å². The number of allylic oxidation sites excluding steroid dienone is 5. The van der Waals surface area contributed by atoms with Crippen molar-refractivity contribution < 1.29 is 95.9 Å². The summed E-state index contributed by atoms with van der Waals surface area (Å²) < 4.78 is 0. The van der Waals surface area contributed by atoms with E-state index in [9.17, 15) is 47.9 Å². The molecule has 25 heteroatoms. The van der Waals surface area contributed by atoms with Crippen molar-refractivity contribution in [2.24, 2.45) is 11.8 Å². The summed E-state index contributed by atoms with van der Waals surface area (Å²) in [6, 6.07) is 0. The summed E-state index contributed by atoms with van der Waals surface area (Å²) in [4.78, 5) is 188. The number of unbranched alkanes of at least 4 members (excludes halogenated alkanes) is 7. The first kappa shape index (κ1) is 93.4. The summed E-state index contributed by atoms with van der Waals surface area (Å²) in [5.74, 6) is 5.08. The fourth-order valence-corrected chi connectivity index (χ4v) is 8.58. The SMILES string of the molecule is C=CC(=O)CC1CCSC1=O.C=CC(=O)CCCC(C)CSC(C)=O.C=CC(=O)CCCCCCCCCSC(C)=O.C=CC(=O)CCCCSC(C)=O.C=CC(=O)CCCSC(C)=O.O=C=O.O=C=O.O=C=O.O=C=O.O=C=O. The molecule has 0 aromatic heterocycles. The van der Waals surface area contributed by atoms with E-state index in [1.165, 1.54) is 122 Å². The molecule has 0 N–H and O–H groups in total. The molecule has 0 radical (unpaired) electrons. The minimum absolute atomic E-state index is 0.0224. The fraction of sp³-hybridized carbons (Fsp3) is 0.545. The summed E-state index contributed by atoms with van der Waals surface area (Å²) in [5, 5.41) is 0.803. The van der Waals surface area contributed by atoms with Gasteiger partial charge in [0.15, 0.2) is 54.5 Å². The van der Waals surface area contributed by atoms with E-state index >= 15 is 0 Å². The highest BCUT2D eigenvalue weighted by Gasteiger charge is 2.26. The highest BCUT2D eigenvalue weighted by molar-refractivity contribution is 8.14. The van der Waals surface area contributed by atoms with Gasteiger partial charge in [0.25, 0.3) is 0 Å². The lowest BCUT2D eigenvalue weighted by Crippen LogP contribution is -2.09. The fourth-order valence-electron chi connectivity index (χ4n) is 5.01. The molecule has 0 aromatic rings. The second-order valence-corrected chi connectivity index (χ2v) is 21.3. The van der Waals surface area contributed by atoms with Crippen LogP contribution in [0, 0.1) is 11.8 Å². The predicted molar refractivity (Wildman–Crippen MR) is 307 cm³/mol. The van der Waals surface area contributed by atoms with Crippen LogP contribution in [-0.4, -0.2) is 114 Å². The second-order valence-electron chi connectivity index (χ2n) is 15.2. The van der Waals surface area contributed by atoms with Crippen molar-refractivity contribution in [2.45, 2.75) is 150 Å². The average Bonchev–Trinajstić information content (AvgIpc) is 3.81. The van der Waals surface area contributed by atoms with Crippen molar-refractivity contribution in [1.82, 2.24) is 0 Å². The Kier molecular flexibility index (Phi) is 95.6. The molecule has 80 heavy (non-hydrogen) atoms. The lowest BCUT2D eigenvalue weighted by atomic mass is 10.0. The van der Waals surface area contributed by atoms with Gasteiger partial charge in [-0.2, -0.15) is 47.9 Å². The molecule has 0 saturated carbocycles. The lowest BCUT2D eigenvalue weighted by molar-refractivity contribution is -0.193. The maximum absolute atomic E-state index is 11.0. The van der Waals surface area contributed by atoms with Crippen LogP contribution in [0.1, 0.15) is 150 Å². The molecule has 1 aliphatic heterocycles. The van der Waals surface area contributed by atoms with E-state index in [0.29, 0.717) is 38.0 Å². The van der Waals surface area contributed by atoms with E-state index in [1.807, 2.05) is 0 Å². The zero-order valence-electron chi connectivity index (χ0n) is 46.5. The number of carbonyl (C=O) groups is 10. The molecule has 448 valence electrons. The van der Waals surface area contributed by atoms with Gasteiger partial charge in [0, 0.05) is 94.5 Å². The smallest absolute Gasteiger partial charge is 0.295 e. The van der Waals surface area contributed by atoms with Gasteiger partial charge in [-0.3, -0.25) is 47.9 Å². The third-order valence-electron chi connectivity index (χ3n) is 8.69. The number of carbonyl (C=O) groups excluding carboxylic acids is 20. The van der Waals surface area contributed by atoms with Crippen molar-refractivity contribution in [3.05, 3.63) is 63.3 Å². The van der Waals surface area contributed by atoms with Crippen LogP contribution in [0.25, 0.3) is 0 Å². The van der Waals surface area contributed by atoms with Crippen molar-refractivity contribution >= 4 is 144 Å². The minimum Gasteiger partial charge on any atom is -0.295 e. The highest BCUT2D eigenvalue weighted by Crippen LogP contribution is 2.28. The quantitative estimate of drug-likeness (QED) is 0.0447. The zero-order valence-corrected chi connectivity index (χ0v) is 50.6. The molecule has 2 unspecified atom stereocenters. The average molecular weight is 1220 g/mol. The Labute approximate surface area is 491 Å². The molecule has 20 nitrogen and oxygen atoms in total. The number of rotatable bonds is 32. The van der Waals surface area contributed by atoms with E-state index in [4.69, 9.17) is 47.9 Å². The maximum Gasteiger partial charge on any atom is 0.373 e. The summed E-state index contributed by atoms with van der Waals surface area (Å²) in [7, 11) is 0. The third-order valence-corrected chi connectivity index (χ3v) is 13.6. The van der Waals surface area contributed by atoms with Crippen LogP contribution < -0.4 is 0 Å². The van der Waals surface area contributed by atoms with Crippen molar-refractivity contribution in [3.8, 4) is 0 Å². The Morgan fingerprint density at radius 2 is 0.725 bits per heavy atom. The molecule has 0 aromatic carbocycles. The zero-order chi connectivity index (χ0) is 63.8. The van der Waals surface area contributed by atoms with Crippen LogP contribution in [0.5, 0.6) is 0 Å². The third kappa shape index (κ3) is 112. The first-order chi connectivity index (χ1) is 37.9. The molecule has 1 aliphatic rings. The second kappa shape index (κ2) is 81.9. The predicted octanol–water partition coefficient (Wildman–Crippen LogP) is 9.46. The molecule has 0 spiro atoms. The van der Waals surface area contributed by atoms with Crippen molar-refractivity contribution in [1.29, 1.82) is 0 Å². The summed E-state index contributed by atoms with van der Waals surface area (Å²) in [5.41, 5.74) is 0. The normalized spacial score (nSPS) is 10.7. The summed E-state index contributed by atoms with van der Waals surface area (Å²) >= 11 is 6.69. The van der Waals surface area contributed by atoms with E-state index < -0.39 is 0 Å². The summed E-state index contributed by atoms with van der Waals surface area (Å²) in [6.45, 7) is 25.4. The Morgan fingerprint density at radius 1 is 0.450 bits per heavy atom. The Morgan fingerprint density at radius 3 is 1.04 bits per heavy atom. The van der Waals surface area contributed by atoms with E-state index in [-0.39, 0.29) is 91.2 Å². The van der Waals surface area contributed by atoms with Gasteiger partial charge in [-0.15, -0.1) is 0 Å². The summed E-state index contributed by atoms with van der Waals surface area (Å²) in [6.07, 6.45) is 24.1. The van der Waals surface area contributed by atoms with Gasteiger partial charge in [0.2, 0.25) is 0 Å². The number of hydrogen-bond acceptors (Lipinski definition) is 25. The van der Waals surface area contributed by atoms with Crippen LogP contribution in [0.4, 0.5) is 0 Å². The molecular formula is C55H78O20S5. The Hall–Kier alpha value is -5.95. The van der Waals surface area contributed by atoms with Gasteiger partial charge < -0.3 is 0 Å². The van der Waals surface area contributed by atoms with Gasteiger partial charge >= 0.3 is 30.8 Å². The standard InChI is InChI=1S/C14H24O2S.C11H18O2S.C9H14O2S.C8H10O2S.C8H12O2S.5CO2/c1-3-14(16)11-9-7-5-4-6-8-10-12-17-13(2)15;1-4-11(13)7-5-6-9(2)8-14-10(3)12;1-3-9(11)6-4-5-7-12-8(2)10;1-2-7(9)5-6-3-4-11-8(6)10;1-3-8(10)5-4-6-11-7(2)9;5*2-1-3/h3H,1,4-12H2,2H3;4,9H,1,5-8H2,2-3H3;3H,1,4-7H2,2H3;2,6H,1,3-5H2;3H,1,4-6H2,2H3;;;;;. The molecule has 1 heterocycles. The van der Waals surface area contributed by atoms with E-state index in [2.05, 4.69) is 39.8 Å². The largest absolute Gasteiger partial charge is 0.373 e. The van der Waals surface area contributed by atoms with Crippen LogP contribution in [-0.2, 0) is 95.9 Å². The molecule has 2 atom stereocenters. The molecule has 1 saturated heterocycles. The monoisotopic (exact) mass is 1220 g/mol. The Balaban J connectivity index is -0.000000106. The van der Waals surface area contributed by atoms with Gasteiger partial charge in [0.1, 0.15) is 0 Å². The van der Waals surface area contributed by atoms with Crippen LogP contribution in [0.2, 0.25) is 0 Å². The van der Waals surface area contributed by atoms with Gasteiger partial charge in [0.05, 0.1) is 0 Å². The Bertz CT molecular complexity index is 1900. The van der Waals surface area contributed by atoms with Crippen molar-refractivity contribution in [3.63, 3.8) is 0 Å². The van der Waals surface area contributed by atoms with Gasteiger partial charge in [-0.05, 0) is 87.7 Å².